The van der Waals surface area contributed by atoms with Crippen molar-refractivity contribution in [1.82, 2.24) is 0 Å². The van der Waals surface area contributed by atoms with E-state index in [0.29, 0.717) is 17.1 Å². The van der Waals surface area contributed by atoms with Crippen LogP contribution >= 0.6 is 0 Å². The van der Waals surface area contributed by atoms with Crippen molar-refractivity contribution >= 4 is 27.8 Å². The molecule has 4 N–H and O–H groups in total. The van der Waals surface area contributed by atoms with Gasteiger partial charge in [0.15, 0.2) is 5.69 Å². The third-order valence-electron chi connectivity index (χ3n) is 2.12. The molecule has 0 unspecified atom stereocenters. The highest BCUT2D eigenvalue weighted by Gasteiger charge is 2.00. The van der Waals surface area contributed by atoms with Crippen molar-refractivity contribution in [2.75, 3.05) is 11.5 Å². The summed E-state index contributed by atoms with van der Waals surface area (Å²) in [7, 11) is 0. The summed E-state index contributed by atoms with van der Waals surface area (Å²) in [6.07, 6.45) is 0. The van der Waals surface area contributed by atoms with Crippen molar-refractivity contribution in [3.63, 3.8) is 0 Å². The van der Waals surface area contributed by atoms with Crippen LogP contribution in [0.3, 0.4) is 0 Å². The number of hydrogen-bond acceptors (Lipinski definition) is 2. The lowest BCUT2D eigenvalue weighted by atomic mass is 10.1. The summed E-state index contributed by atoms with van der Waals surface area (Å²) in [5.74, 6) is 0. The van der Waals surface area contributed by atoms with Gasteiger partial charge in [0.1, 0.15) is 0 Å². The fourth-order valence-corrected chi connectivity index (χ4v) is 1.47. The van der Waals surface area contributed by atoms with E-state index in [1.807, 2.05) is 12.1 Å². The number of anilines is 2. The van der Waals surface area contributed by atoms with Crippen LogP contribution < -0.4 is 11.5 Å². The minimum absolute atomic E-state index is 0.592. The molecule has 0 heterocycles. The molecular formula is C11H9N3. The Balaban J connectivity index is 2.84. The summed E-state index contributed by atoms with van der Waals surface area (Å²) in [6, 6.07) is 8.94. The zero-order valence-electron chi connectivity index (χ0n) is 7.49. The van der Waals surface area contributed by atoms with Gasteiger partial charge in [0.2, 0.25) is 0 Å². The zero-order valence-corrected chi connectivity index (χ0v) is 7.49. The van der Waals surface area contributed by atoms with Crippen molar-refractivity contribution in [2.24, 2.45) is 0 Å². The van der Waals surface area contributed by atoms with E-state index in [2.05, 4.69) is 4.85 Å². The van der Waals surface area contributed by atoms with Gasteiger partial charge in [-0.25, -0.2) is 4.85 Å². The molecule has 0 aliphatic carbocycles. The van der Waals surface area contributed by atoms with E-state index in [9.17, 15) is 0 Å². The van der Waals surface area contributed by atoms with Crippen LogP contribution in [-0.2, 0) is 0 Å². The predicted octanol–water partition coefficient (Wildman–Crippen LogP) is 2.55. The molecule has 0 aromatic heterocycles. The van der Waals surface area contributed by atoms with Gasteiger partial charge in [0, 0.05) is 11.4 Å². The molecule has 0 saturated heterocycles. The first-order valence-electron chi connectivity index (χ1n) is 4.17. The van der Waals surface area contributed by atoms with E-state index in [1.165, 1.54) is 0 Å². The molecule has 3 heteroatoms. The van der Waals surface area contributed by atoms with Crippen LogP contribution in [0.15, 0.2) is 30.3 Å². The van der Waals surface area contributed by atoms with Gasteiger partial charge in [-0.2, -0.15) is 0 Å². The Labute approximate surface area is 81.8 Å². The van der Waals surface area contributed by atoms with Crippen LogP contribution in [0.25, 0.3) is 15.6 Å². The third kappa shape index (κ3) is 1.23. The molecule has 0 amide bonds. The maximum atomic E-state index is 6.89. The second-order valence-electron chi connectivity index (χ2n) is 3.13. The van der Waals surface area contributed by atoms with Crippen molar-refractivity contribution < 1.29 is 0 Å². The largest absolute Gasteiger partial charge is 0.399 e. The van der Waals surface area contributed by atoms with Crippen LogP contribution in [0.2, 0.25) is 0 Å². The number of nitrogen functional groups attached to an aromatic ring is 2. The number of hydrogen-bond donors (Lipinski definition) is 2. The second kappa shape index (κ2) is 2.93. The predicted molar refractivity (Wildman–Crippen MR) is 59.0 cm³/mol. The number of rotatable bonds is 0. The standard InChI is InChI=1S/C11H9N3/c1-14-9-3-2-7-4-8(12)5-11(13)10(7)6-9/h2-6H,12-13H2. The molecule has 14 heavy (non-hydrogen) atoms. The normalized spacial score (nSPS) is 9.93. The summed E-state index contributed by atoms with van der Waals surface area (Å²) in [5.41, 5.74) is 13.3. The Bertz CT molecular complexity index is 538. The molecule has 3 nitrogen and oxygen atoms in total. The van der Waals surface area contributed by atoms with Gasteiger partial charge >= 0.3 is 0 Å². The molecular weight excluding hydrogens is 174 g/mol. The average Bonchev–Trinajstić information content (AvgIpc) is 2.17. The topological polar surface area (TPSA) is 56.4 Å². The van der Waals surface area contributed by atoms with Crippen molar-refractivity contribution in [3.05, 3.63) is 41.7 Å². The first-order chi connectivity index (χ1) is 6.70. The third-order valence-corrected chi connectivity index (χ3v) is 2.12. The molecule has 2 aromatic rings. The fraction of sp³-hybridized carbons (Fsp3) is 0. The van der Waals surface area contributed by atoms with Gasteiger partial charge in [-0.15, -0.1) is 0 Å². The molecule has 2 rings (SSSR count). The van der Waals surface area contributed by atoms with Crippen molar-refractivity contribution in [1.29, 1.82) is 0 Å². The monoisotopic (exact) mass is 183 g/mol. The molecule has 0 atom stereocenters. The first kappa shape index (κ1) is 8.39. The van der Waals surface area contributed by atoms with Crippen LogP contribution in [0.1, 0.15) is 0 Å². The summed E-state index contributed by atoms with van der Waals surface area (Å²) in [6.45, 7) is 6.89. The Morgan fingerprint density at radius 3 is 2.57 bits per heavy atom. The Morgan fingerprint density at radius 2 is 1.86 bits per heavy atom. The number of fused-ring (bicyclic) bond motifs is 1. The first-order valence-corrected chi connectivity index (χ1v) is 4.17. The molecule has 0 fully saturated rings. The second-order valence-corrected chi connectivity index (χ2v) is 3.13. The van der Waals surface area contributed by atoms with E-state index in [1.54, 1.807) is 18.2 Å². The Morgan fingerprint density at radius 1 is 1.07 bits per heavy atom. The van der Waals surface area contributed by atoms with Crippen molar-refractivity contribution in [2.45, 2.75) is 0 Å². The van der Waals surface area contributed by atoms with Crippen LogP contribution in [0, 0.1) is 6.57 Å². The highest BCUT2D eigenvalue weighted by molar-refractivity contribution is 5.97. The highest BCUT2D eigenvalue weighted by Crippen LogP contribution is 2.28. The van der Waals surface area contributed by atoms with Gasteiger partial charge in [0.25, 0.3) is 0 Å². The molecule has 0 radical (unpaired) electrons. The van der Waals surface area contributed by atoms with E-state index in [0.717, 1.165) is 10.8 Å². The molecule has 2 aromatic carbocycles. The van der Waals surface area contributed by atoms with Gasteiger partial charge in [-0.3, -0.25) is 0 Å². The molecule has 0 aliphatic heterocycles. The quantitative estimate of drug-likeness (QED) is 0.487. The lowest BCUT2D eigenvalue weighted by molar-refractivity contribution is 1.71. The molecule has 0 saturated carbocycles. The lowest BCUT2D eigenvalue weighted by Gasteiger charge is -2.04. The zero-order chi connectivity index (χ0) is 10.1. The van der Waals surface area contributed by atoms with Crippen LogP contribution in [0.4, 0.5) is 17.1 Å². The molecule has 0 aliphatic rings. The molecule has 68 valence electrons. The smallest absolute Gasteiger partial charge is 0.187 e. The van der Waals surface area contributed by atoms with Crippen LogP contribution in [0.5, 0.6) is 0 Å². The van der Waals surface area contributed by atoms with Crippen LogP contribution in [-0.4, -0.2) is 0 Å². The van der Waals surface area contributed by atoms with Crippen molar-refractivity contribution in [3.8, 4) is 0 Å². The average molecular weight is 183 g/mol. The SMILES string of the molecule is [C-]#[N+]c1ccc2cc(N)cc(N)c2c1. The highest BCUT2D eigenvalue weighted by atomic mass is 14.6. The van der Waals surface area contributed by atoms with Gasteiger partial charge in [-0.1, -0.05) is 12.1 Å². The summed E-state index contributed by atoms with van der Waals surface area (Å²) in [5, 5.41) is 1.85. The fourth-order valence-electron chi connectivity index (χ4n) is 1.47. The lowest BCUT2D eigenvalue weighted by Crippen LogP contribution is -1.91. The van der Waals surface area contributed by atoms with Gasteiger partial charge < -0.3 is 11.5 Å². The Hall–Kier alpha value is -2.21. The maximum absolute atomic E-state index is 6.89. The number of nitrogens with two attached hydrogens (primary N) is 2. The van der Waals surface area contributed by atoms with E-state index in [-0.39, 0.29) is 0 Å². The molecule has 0 spiro atoms. The van der Waals surface area contributed by atoms with E-state index in [4.69, 9.17) is 18.0 Å². The number of benzene rings is 2. The van der Waals surface area contributed by atoms with E-state index >= 15 is 0 Å². The minimum Gasteiger partial charge on any atom is -0.399 e. The minimum atomic E-state index is 0.592. The Kier molecular flexibility index (Phi) is 1.76. The molecule has 0 bridgehead atoms. The summed E-state index contributed by atoms with van der Waals surface area (Å²) in [4.78, 5) is 3.35. The summed E-state index contributed by atoms with van der Waals surface area (Å²) < 4.78 is 0. The van der Waals surface area contributed by atoms with Gasteiger partial charge in [0.05, 0.1) is 6.57 Å². The maximum Gasteiger partial charge on any atom is 0.187 e. The summed E-state index contributed by atoms with van der Waals surface area (Å²) >= 11 is 0. The van der Waals surface area contributed by atoms with E-state index < -0.39 is 0 Å². The number of nitrogens with zero attached hydrogens (tertiary/aromatic N) is 1. The van der Waals surface area contributed by atoms with Gasteiger partial charge in [-0.05, 0) is 29.0 Å².